The van der Waals surface area contributed by atoms with Gasteiger partial charge in [0.2, 0.25) is 0 Å². The minimum atomic E-state index is -3.77. The first kappa shape index (κ1) is 17.6. The molecule has 0 aliphatic rings. The van der Waals surface area contributed by atoms with Gasteiger partial charge in [0.1, 0.15) is 0 Å². The lowest BCUT2D eigenvalue weighted by Gasteiger charge is -2.22. The number of rotatable bonds is 4. The van der Waals surface area contributed by atoms with Crippen LogP contribution in [0.2, 0.25) is 0 Å². The van der Waals surface area contributed by atoms with E-state index >= 15 is 0 Å². The van der Waals surface area contributed by atoms with Crippen molar-refractivity contribution >= 4 is 19.0 Å². The summed E-state index contributed by atoms with van der Waals surface area (Å²) >= 11 is 0. The van der Waals surface area contributed by atoms with Gasteiger partial charge in [0, 0.05) is 11.4 Å². The first-order chi connectivity index (χ1) is 10.6. The topological polar surface area (TPSA) is 61.4 Å². The number of aryl methyl sites for hydroxylation is 6. The van der Waals surface area contributed by atoms with E-state index in [-0.39, 0.29) is 0 Å². The molecule has 0 saturated heterocycles. The van der Waals surface area contributed by atoms with E-state index in [0.29, 0.717) is 11.4 Å². The zero-order valence-corrected chi connectivity index (χ0v) is 15.5. The Bertz CT molecular complexity index is 690. The van der Waals surface area contributed by atoms with Crippen LogP contribution in [0, 0.1) is 41.5 Å². The van der Waals surface area contributed by atoms with Crippen molar-refractivity contribution in [2.45, 2.75) is 41.5 Å². The van der Waals surface area contributed by atoms with Crippen LogP contribution in [0.25, 0.3) is 0 Å². The maximum Gasteiger partial charge on any atom is 0.389 e. The first-order valence-electron chi connectivity index (χ1n) is 7.64. The minimum Gasteiger partial charge on any atom is -0.313 e. The average molecular weight is 332 g/mol. The fourth-order valence-corrected chi connectivity index (χ4v) is 4.41. The molecule has 0 atom stereocenters. The van der Waals surface area contributed by atoms with E-state index in [2.05, 4.69) is 10.2 Å². The second-order valence-corrected chi connectivity index (χ2v) is 7.95. The highest BCUT2D eigenvalue weighted by atomic mass is 31.2. The lowest BCUT2D eigenvalue weighted by Crippen LogP contribution is -2.09. The van der Waals surface area contributed by atoms with Gasteiger partial charge < -0.3 is 4.89 Å². The lowest BCUT2D eigenvalue weighted by molar-refractivity contribution is 0.490. The van der Waals surface area contributed by atoms with Crippen LogP contribution in [-0.4, -0.2) is 4.89 Å². The Morgan fingerprint density at radius 3 is 1.22 bits per heavy atom. The molecule has 0 bridgehead atoms. The molecule has 0 radical (unpaired) electrons. The Kier molecular flexibility index (Phi) is 4.88. The summed E-state index contributed by atoms with van der Waals surface area (Å²) in [4.78, 5) is 10.4. The summed E-state index contributed by atoms with van der Waals surface area (Å²) in [5, 5.41) is 5.60. The number of hydrogen-bond acceptors (Lipinski definition) is 1. The largest absolute Gasteiger partial charge is 0.389 e. The van der Waals surface area contributed by atoms with Gasteiger partial charge in [-0.3, -0.25) is 10.2 Å². The summed E-state index contributed by atoms with van der Waals surface area (Å²) in [6.45, 7) is 11.8. The number of anilines is 2. The zero-order chi connectivity index (χ0) is 17.4. The summed E-state index contributed by atoms with van der Waals surface area (Å²) in [6.07, 6.45) is 0. The van der Waals surface area contributed by atoms with Gasteiger partial charge in [0.15, 0.2) is 0 Å². The number of hydrogen-bond donors (Lipinski definition) is 3. The van der Waals surface area contributed by atoms with Gasteiger partial charge in [-0.1, -0.05) is 35.4 Å². The van der Waals surface area contributed by atoms with Crippen molar-refractivity contribution < 1.29 is 9.46 Å². The van der Waals surface area contributed by atoms with E-state index in [1.54, 1.807) is 0 Å². The van der Waals surface area contributed by atoms with Gasteiger partial charge in [-0.2, -0.15) is 0 Å². The van der Waals surface area contributed by atoms with E-state index in [4.69, 9.17) is 0 Å². The van der Waals surface area contributed by atoms with Crippen LogP contribution in [0.1, 0.15) is 33.4 Å². The molecule has 0 unspecified atom stereocenters. The van der Waals surface area contributed by atoms with E-state index < -0.39 is 7.67 Å². The molecule has 2 aromatic carbocycles. The summed E-state index contributed by atoms with van der Waals surface area (Å²) in [7, 11) is -3.77. The lowest BCUT2D eigenvalue weighted by atomic mass is 10.1. The molecule has 0 saturated carbocycles. The third-order valence-corrected chi connectivity index (χ3v) is 4.93. The maximum absolute atomic E-state index is 12.7. The van der Waals surface area contributed by atoms with Crippen molar-refractivity contribution in [2.75, 3.05) is 10.2 Å². The fourth-order valence-electron chi connectivity index (χ4n) is 3.04. The van der Waals surface area contributed by atoms with Crippen molar-refractivity contribution in [3.8, 4) is 0 Å². The van der Waals surface area contributed by atoms with Crippen molar-refractivity contribution in [1.82, 2.24) is 0 Å². The molecule has 5 heteroatoms. The van der Waals surface area contributed by atoms with Gasteiger partial charge in [-0.15, -0.1) is 0 Å². The van der Waals surface area contributed by atoms with Crippen LogP contribution in [0.5, 0.6) is 0 Å². The highest BCUT2D eigenvalue weighted by molar-refractivity contribution is 7.61. The molecule has 2 aromatic rings. The predicted octanol–water partition coefficient (Wildman–Crippen LogP) is 5.16. The Morgan fingerprint density at radius 1 is 0.696 bits per heavy atom. The summed E-state index contributed by atoms with van der Waals surface area (Å²) in [5.74, 6) is 0. The highest BCUT2D eigenvalue weighted by Crippen LogP contribution is 2.44. The molecule has 3 N–H and O–H groups in total. The number of benzene rings is 2. The van der Waals surface area contributed by atoms with Gasteiger partial charge in [-0.05, 0) is 63.8 Å². The zero-order valence-electron chi connectivity index (χ0n) is 14.6. The average Bonchev–Trinajstić information content (AvgIpc) is 2.38. The molecule has 4 nitrogen and oxygen atoms in total. The first-order valence-corrected chi connectivity index (χ1v) is 9.30. The van der Waals surface area contributed by atoms with Gasteiger partial charge >= 0.3 is 7.67 Å². The molecule has 23 heavy (non-hydrogen) atoms. The molecule has 0 amide bonds. The molecule has 0 fully saturated rings. The third-order valence-electron chi connectivity index (χ3n) is 3.88. The Hall–Kier alpha value is -1.77. The maximum atomic E-state index is 12.7. The molecule has 0 spiro atoms. The monoisotopic (exact) mass is 332 g/mol. The van der Waals surface area contributed by atoms with E-state index in [1.807, 2.05) is 65.8 Å². The SMILES string of the molecule is Cc1cc(C)c(NP(=O)(O)Nc2c(C)cc(C)cc2C)c(C)c1. The summed E-state index contributed by atoms with van der Waals surface area (Å²) < 4.78 is 12.7. The summed E-state index contributed by atoms with van der Waals surface area (Å²) in [5.41, 5.74) is 7.50. The van der Waals surface area contributed by atoms with Crippen LogP contribution in [0.15, 0.2) is 24.3 Å². The van der Waals surface area contributed by atoms with Crippen molar-refractivity contribution in [1.29, 1.82) is 0 Å². The second-order valence-electron chi connectivity index (χ2n) is 6.35. The van der Waals surface area contributed by atoms with E-state index in [0.717, 1.165) is 33.4 Å². The molecule has 124 valence electrons. The smallest absolute Gasteiger partial charge is 0.313 e. The molecule has 0 aliphatic carbocycles. The quantitative estimate of drug-likeness (QED) is 0.677. The van der Waals surface area contributed by atoms with Gasteiger partial charge in [0.25, 0.3) is 0 Å². The van der Waals surface area contributed by atoms with Gasteiger partial charge in [-0.25, -0.2) is 4.57 Å². The second kappa shape index (κ2) is 6.38. The van der Waals surface area contributed by atoms with E-state index in [9.17, 15) is 9.46 Å². The molecular formula is C18H25N2O2P. The normalized spacial score (nSPS) is 11.4. The molecule has 0 heterocycles. The molecule has 0 aromatic heterocycles. The molecule has 2 rings (SSSR count). The van der Waals surface area contributed by atoms with Crippen molar-refractivity contribution in [2.24, 2.45) is 0 Å². The van der Waals surface area contributed by atoms with Gasteiger partial charge in [0.05, 0.1) is 0 Å². The third kappa shape index (κ3) is 4.15. The predicted molar refractivity (Wildman–Crippen MR) is 98.4 cm³/mol. The van der Waals surface area contributed by atoms with Crippen LogP contribution in [0.4, 0.5) is 11.4 Å². The Morgan fingerprint density at radius 2 is 0.957 bits per heavy atom. The molecular weight excluding hydrogens is 307 g/mol. The van der Waals surface area contributed by atoms with E-state index in [1.165, 1.54) is 0 Å². The Balaban J connectivity index is 2.33. The number of nitrogens with one attached hydrogen (secondary N) is 2. The fraction of sp³-hybridized carbons (Fsp3) is 0.333. The van der Waals surface area contributed by atoms with Crippen molar-refractivity contribution in [3.05, 3.63) is 57.6 Å². The standard InChI is InChI=1S/C18H25N2O2P/c1-11-7-13(3)17(14(4)8-11)19-23(21,22)20-18-15(5)9-12(2)10-16(18)6/h7-10H,1-6H3,(H3,19,20,21,22). The van der Waals surface area contributed by atoms with Crippen LogP contribution < -0.4 is 10.2 Å². The summed E-state index contributed by atoms with van der Waals surface area (Å²) in [6, 6.07) is 7.99. The molecule has 0 aliphatic heterocycles. The van der Waals surface area contributed by atoms with Crippen LogP contribution in [-0.2, 0) is 4.57 Å². The van der Waals surface area contributed by atoms with Crippen molar-refractivity contribution in [3.63, 3.8) is 0 Å². The van der Waals surface area contributed by atoms with Crippen LogP contribution >= 0.6 is 7.67 Å². The Labute approximate surface area is 138 Å². The highest BCUT2D eigenvalue weighted by Gasteiger charge is 2.22. The minimum absolute atomic E-state index is 0.705. The van der Waals surface area contributed by atoms with Crippen LogP contribution in [0.3, 0.4) is 0 Å².